The van der Waals surface area contributed by atoms with E-state index in [0.29, 0.717) is 6.04 Å². The molecule has 4 nitrogen and oxygen atoms in total. The van der Waals surface area contributed by atoms with Crippen LogP contribution in [0.1, 0.15) is 50.4 Å². The second kappa shape index (κ2) is 7.05. The lowest BCUT2D eigenvalue weighted by atomic mass is 10.0. The molecule has 1 aromatic heterocycles. The quantitative estimate of drug-likeness (QED) is 0.913. The first kappa shape index (κ1) is 16.0. The highest BCUT2D eigenvalue weighted by Gasteiger charge is 2.24. The van der Waals surface area contributed by atoms with Crippen LogP contribution >= 0.6 is 15.9 Å². The molecule has 0 saturated carbocycles. The monoisotopic (exact) mass is 343 g/mol. The predicted molar refractivity (Wildman–Crippen MR) is 84.6 cm³/mol. The minimum absolute atomic E-state index is 0.225. The summed E-state index contributed by atoms with van der Waals surface area (Å²) in [5.74, 6) is 0. The van der Waals surface area contributed by atoms with Gasteiger partial charge in [0, 0.05) is 19.6 Å². The van der Waals surface area contributed by atoms with Crippen LogP contribution in [0.15, 0.2) is 4.47 Å². The molecular weight excluding hydrogens is 318 g/mol. The average Bonchev–Trinajstić information content (AvgIpc) is 2.56. The van der Waals surface area contributed by atoms with Crippen molar-refractivity contribution in [3.8, 4) is 0 Å². The Morgan fingerprint density at radius 1 is 1.40 bits per heavy atom. The van der Waals surface area contributed by atoms with Crippen molar-refractivity contribution in [2.75, 3.05) is 6.54 Å². The fraction of sp³-hybridized carbons (Fsp3) is 0.800. The highest BCUT2D eigenvalue weighted by Crippen LogP contribution is 2.26. The summed E-state index contributed by atoms with van der Waals surface area (Å²) in [6.45, 7) is 5.96. The van der Waals surface area contributed by atoms with E-state index in [2.05, 4.69) is 25.9 Å². The molecule has 1 aromatic rings. The first-order valence-corrected chi connectivity index (χ1v) is 8.38. The maximum Gasteiger partial charge on any atom is 0.0739 e. The van der Waals surface area contributed by atoms with Crippen molar-refractivity contribution >= 4 is 15.9 Å². The number of aryl methyl sites for hydroxylation is 2. The first-order valence-electron chi connectivity index (χ1n) is 7.59. The van der Waals surface area contributed by atoms with Crippen LogP contribution in [-0.4, -0.2) is 38.5 Å². The summed E-state index contributed by atoms with van der Waals surface area (Å²) in [6, 6.07) is 0.486. The molecule has 0 spiro atoms. The molecule has 5 heteroatoms. The molecule has 0 aliphatic carbocycles. The number of aliphatic hydroxyl groups is 1. The second-order valence-corrected chi connectivity index (χ2v) is 6.82. The number of rotatable bonds is 4. The van der Waals surface area contributed by atoms with E-state index in [1.807, 2.05) is 25.6 Å². The van der Waals surface area contributed by atoms with Gasteiger partial charge in [0.2, 0.25) is 0 Å². The Hall–Kier alpha value is -0.390. The van der Waals surface area contributed by atoms with E-state index >= 15 is 0 Å². The van der Waals surface area contributed by atoms with Gasteiger partial charge in [0.1, 0.15) is 0 Å². The Bertz CT molecular complexity index is 445. The first-order chi connectivity index (χ1) is 9.49. The summed E-state index contributed by atoms with van der Waals surface area (Å²) in [4.78, 5) is 2.53. The lowest BCUT2D eigenvalue weighted by molar-refractivity contribution is 0.106. The van der Waals surface area contributed by atoms with Gasteiger partial charge in [0.25, 0.3) is 0 Å². The van der Waals surface area contributed by atoms with E-state index in [1.54, 1.807) is 0 Å². The number of hydrogen-bond donors (Lipinski definition) is 1. The Morgan fingerprint density at radius 2 is 2.15 bits per heavy atom. The molecule has 1 saturated heterocycles. The van der Waals surface area contributed by atoms with Crippen LogP contribution in [0.2, 0.25) is 0 Å². The van der Waals surface area contributed by atoms with Gasteiger partial charge in [0.15, 0.2) is 0 Å². The Balaban J connectivity index is 2.14. The zero-order chi connectivity index (χ0) is 14.7. The molecule has 2 atom stereocenters. The van der Waals surface area contributed by atoms with Crippen molar-refractivity contribution in [3.05, 3.63) is 15.9 Å². The maximum atomic E-state index is 9.74. The number of likely N-dealkylation sites (tertiary alicyclic amines) is 1. The largest absolute Gasteiger partial charge is 0.393 e. The Kier molecular flexibility index (Phi) is 5.64. The van der Waals surface area contributed by atoms with E-state index in [1.165, 1.54) is 31.4 Å². The van der Waals surface area contributed by atoms with Gasteiger partial charge >= 0.3 is 0 Å². The van der Waals surface area contributed by atoms with Crippen molar-refractivity contribution in [2.24, 2.45) is 7.05 Å². The Morgan fingerprint density at radius 3 is 2.75 bits per heavy atom. The van der Waals surface area contributed by atoms with Crippen molar-refractivity contribution in [1.82, 2.24) is 14.7 Å². The van der Waals surface area contributed by atoms with Gasteiger partial charge in [-0.05, 0) is 55.6 Å². The third-order valence-electron chi connectivity index (χ3n) is 4.23. The molecule has 1 N–H and O–H groups in total. The third kappa shape index (κ3) is 3.83. The average molecular weight is 344 g/mol. The second-order valence-electron chi connectivity index (χ2n) is 6.03. The summed E-state index contributed by atoms with van der Waals surface area (Å²) in [7, 11) is 2.01. The van der Waals surface area contributed by atoms with Crippen LogP contribution in [-0.2, 0) is 13.6 Å². The lowest BCUT2D eigenvalue weighted by Gasteiger charge is -2.31. The highest BCUT2D eigenvalue weighted by molar-refractivity contribution is 9.10. The molecule has 2 unspecified atom stereocenters. The van der Waals surface area contributed by atoms with Gasteiger partial charge in [-0.1, -0.05) is 12.8 Å². The van der Waals surface area contributed by atoms with Crippen LogP contribution < -0.4 is 0 Å². The van der Waals surface area contributed by atoms with E-state index in [0.717, 1.165) is 29.7 Å². The van der Waals surface area contributed by atoms with E-state index < -0.39 is 0 Å². The summed E-state index contributed by atoms with van der Waals surface area (Å²) in [5.41, 5.74) is 2.28. The zero-order valence-corrected chi connectivity index (χ0v) is 14.4. The topological polar surface area (TPSA) is 41.3 Å². The van der Waals surface area contributed by atoms with Gasteiger partial charge in [-0.3, -0.25) is 9.58 Å². The molecule has 1 aliphatic heterocycles. The molecule has 20 heavy (non-hydrogen) atoms. The molecule has 114 valence electrons. The number of aliphatic hydroxyl groups excluding tert-OH is 1. The van der Waals surface area contributed by atoms with Crippen molar-refractivity contribution in [2.45, 2.75) is 64.6 Å². The molecule has 0 amide bonds. The van der Waals surface area contributed by atoms with Gasteiger partial charge < -0.3 is 5.11 Å². The molecule has 2 heterocycles. The van der Waals surface area contributed by atoms with Gasteiger partial charge in [-0.15, -0.1) is 0 Å². The summed E-state index contributed by atoms with van der Waals surface area (Å²) in [6.07, 6.45) is 5.67. The number of hydrogen-bond acceptors (Lipinski definition) is 3. The normalized spacial score (nSPS) is 22.8. The van der Waals surface area contributed by atoms with Crippen LogP contribution in [0.3, 0.4) is 0 Å². The number of nitrogens with zero attached hydrogens (tertiary/aromatic N) is 3. The standard InChI is InChI=1S/C15H26BrN3O/c1-11(20)9-13-7-5-4-6-8-19(13)10-14-15(16)12(2)17-18(14)3/h11,13,20H,4-10H2,1-3H3. The van der Waals surface area contributed by atoms with Crippen LogP contribution in [0.4, 0.5) is 0 Å². The summed E-state index contributed by atoms with van der Waals surface area (Å²) >= 11 is 3.66. The zero-order valence-electron chi connectivity index (χ0n) is 12.8. The van der Waals surface area contributed by atoms with E-state index in [4.69, 9.17) is 0 Å². The fourth-order valence-electron chi connectivity index (χ4n) is 3.15. The lowest BCUT2D eigenvalue weighted by Crippen LogP contribution is -2.37. The molecule has 0 radical (unpaired) electrons. The molecule has 0 bridgehead atoms. The molecule has 1 fully saturated rings. The van der Waals surface area contributed by atoms with Crippen molar-refractivity contribution in [1.29, 1.82) is 0 Å². The minimum Gasteiger partial charge on any atom is -0.393 e. The smallest absolute Gasteiger partial charge is 0.0739 e. The summed E-state index contributed by atoms with van der Waals surface area (Å²) in [5, 5.41) is 14.2. The highest BCUT2D eigenvalue weighted by atomic mass is 79.9. The fourth-order valence-corrected chi connectivity index (χ4v) is 3.61. The van der Waals surface area contributed by atoms with Crippen LogP contribution in [0.5, 0.6) is 0 Å². The maximum absolute atomic E-state index is 9.74. The Labute approximate surface area is 130 Å². The molecule has 2 rings (SSSR count). The van der Waals surface area contributed by atoms with Gasteiger partial charge in [-0.2, -0.15) is 5.10 Å². The van der Waals surface area contributed by atoms with Crippen molar-refractivity contribution in [3.63, 3.8) is 0 Å². The van der Waals surface area contributed by atoms with E-state index in [9.17, 15) is 5.11 Å². The SMILES string of the molecule is Cc1nn(C)c(CN2CCCCCC2CC(C)O)c1Br. The minimum atomic E-state index is -0.225. The third-order valence-corrected chi connectivity index (χ3v) is 5.26. The predicted octanol–water partition coefficient (Wildman–Crippen LogP) is 3.01. The van der Waals surface area contributed by atoms with Crippen molar-refractivity contribution < 1.29 is 5.11 Å². The molecule has 1 aliphatic rings. The van der Waals surface area contributed by atoms with Gasteiger partial charge in [0.05, 0.1) is 22.0 Å². The molecular formula is C15H26BrN3O. The number of halogens is 1. The van der Waals surface area contributed by atoms with Gasteiger partial charge in [-0.25, -0.2) is 0 Å². The molecule has 0 aromatic carbocycles. The number of aromatic nitrogens is 2. The summed E-state index contributed by atoms with van der Waals surface area (Å²) < 4.78 is 3.10. The van der Waals surface area contributed by atoms with E-state index in [-0.39, 0.29) is 6.10 Å². The van der Waals surface area contributed by atoms with Crippen LogP contribution in [0.25, 0.3) is 0 Å². The van der Waals surface area contributed by atoms with Crippen LogP contribution in [0, 0.1) is 6.92 Å².